The SMILES string of the molecule is Cn1c(=O)ccc2ccc(O)cc21. The summed E-state index contributed by atoms with van der Waals surface area (Å²) >= 11 is 0. The molecule has 0 unspecified atom stereocenters. The van der Waals surface area contributed by atoms with Crippen LogP contribution >= 0.6 is 0 Å². The van der Waals surface area contributed by atoms with Crippen LogP contribution in [0.5, 0.6) is 5.75 Å². The third-order valence-corrected chi connectivity index (χ3v) is 2.11. The van der Waals surface area contributed by atoms with Crippen LogP contribution in [-0.2, 0) is 7.05 Å². The van der Waals surface area contributed by atoms with Crippen LogP contribution in [0.1, 0.15) is 0 Å². The molecule has 3 heteroatoms. The summed E-state index contributed by atoms with van der Waals surface area (Å²) < 4.78 is 1.51. The quantitative estimate of drug-likeness (QED) is 0.654. The van der Waals surface area contributed by atoms with E-state index in [-0.39, 0.29) is 11.3 Å². The molecular formula is C10H9NO2. The van der Waals surface area contributed by atoms with Gasteiger partial charge in [-0.3, -0.25) is 4.79 Å². The summed E-state index contributed by atoms with van der Waals surface area (Å²) in [6.07, 6.45) is 0. The molecule has 0 saturated heterocycles. The molecular weight excluding hydrogens is 166 g/mol. The fraction of sp³-hybridized carbons (Fsp3) is 0.100. The maximum absolute atomic E-state index is 11.2. The Morgan fingerprint density at radius 3 is 2.69 bits per heavy atom. The van der Waals surface area contributed by atoms with Crippen molar-refractivity contribution in [2.75, 3.05) is 0 Å². The molecule has 0 saturated carbocycles. The average Bonchev–Trinajstić information content (AvgIpc) is 2.12. The van der Waals surface area contributed by atoms with E-state index in [9.17, 15) is 9.90 Å². The van der Waals surface area contributed by atoms with E-state index in [2.05, 4.69) is 0 Å². The minimum absolute atomic E-state index is 0.0712. The number of phenols is 1. The fourth-order valence-electron chi connectivity index (χ4n) is 1.36. The Labute approximate surface area is 74.9 Å². The standard InChI is InChI=1S/C10H9NO2/c1-11-9-6-8(12)4-2-7(9)3-5-10(11)13/h2-6,12H,1H3. The summed E-state index contributed by atoms with van der Waals surface area (Å²) in [6, 6.07) is 8.23. The summed E-state index contributed by atoms with van der Waals surface area (Å²) in [5.74, 6) is 0.175. The Morgan fingerprint density at radius 1 is 1.23 bits per heavy atom. The molecule has 3 nitrogen and oxygen atoms in total. The number of hydrogen-bond acceptors (Lipinski definition) is 2. The molecule has 0 aliphatic rings. The molecule has 0 aliphatic carbocycles. The molecule has 0 radical (unpaired) electrons. The maximum Gasteiger partial charge on any atom is 0.250 e. The van der Waals surface area contributed by atoms with Crippen molar-refractivity contribution in [2.24, 2.45) is 7.05 Å². The van der Waals surface area contributed by atoms with Gasteiger partial charge in [0.05, 0.1) is 5.52 Å². The molecule has 0 fully saturated rings. The first-order valence-electron chi connectivity index (χ1n) is 3.97. The number of hydrogen-bond donors (Lipinski definition) is 1. The fourth-order valence-corrected chi connectivity index (χ4v) is 1.36. The van der Waals surface area contributed by atoms with Crippen molar-refractivity contribution in [3.05, 3.63) is 40.7 Å². The predicted octanol–water partition coefficient (Wildman–Crippen LogP) is 1.24. The normalized spacial score (nSPS) is 10.5. The second-order valence-corrected chi connectivity index (χ2v) is 2.97. The minimum atomic E-state index is -0.0712. The van der Waals surface area contributed by atoms with Crippen LogP contribution in [0.25, 0.3) is 10.9 Å². The van der Waals surface area contributed by atoms with Crippen LogP contribution < -0.4 is 5.56 Å². The van der Waals surface area contributed by atoms with Gasteiger partial charge in [0.2, 0.25) is 0 Å². The van der Waals surface area contributed by atoms with Crippen LogP contribution in [0.3, 0.4) is 0 Å². The van der Waals surface area contributed by atoms with Crippen LogP contribution in [0, 0.1) is 0 Å². The maximum atomic E-state index is 11.2. The zero-order chi connectivity index (χ0) is 9.42. The summed E-state index contributed by atoms with van der Waals surface area (Å²) in [7, 11) is 1.68. The lowest BCUT2D eigenvalue weighted by molar-refractivity contribution is 0.476. The van der Waals surface area contributed by atoms with Gasteiger partial charge < -0.3 is 9.67 Å². The zero-order valence-corrected chi connectivity index (χ0v) is 7.19. The zero-order valence-electron chi connectivity index (χ0n) is 7.19. The predicted molar refractivity (Wildman–Crippen MR) is 50.9 cm³/mol. The molecule has 1 aromatic carbocycles. The molecule has 0 aliphatic heterocycles. The molecule has 2 rings (SSSR count). The molecule has 0 atom stereocenters. The van der Waals surface area contributed by atoms with Gasteiger partial charge in [0, 0.05) is 19.2 Å². The second kappa shape index (κ2) is 2.62. The van der Waals surface area contributed by atoms with Crippen molar-refractivity contribution < 1.29 is 5.11 Å². The molecule has 13 heavy (non-hydrogen) atoms. The Hall–Kier alpha value is -1.77. The average molecular weight is 175 g/mol. The van der Waals surface area contributed by atoms with Crippen molar-refractivity contribution in [1.82, 2.24) is 4.57 Å². The highest BCUT2D eigenvalue weighted by molar-refractivity contribution is 5.80. The van der Waals surface area contributed by atoms with Crippen LogP contribution in [0.15, 0.2) is 35.1 Å². The number of pyridine rings is 1. The van der Waals surface area contributed by atoms with Crippen LogP contribution in [0.2, 0.25) is 0 Å². The lowest BCUT2D eigenvalue weighted by atomic mass is 10.2. The smallest absolute Gasteiger partial charge is 0.250 e. The molecule has 0 spiro atoms. The van der Waals surface area contributed by atoms with Crippen molar-refractivity contribution in [3.8, 4) is 5.75 Å². The molecule has 1 aromatic heterocycles. The molecule has 2 aromatic rings. The van der Waals surface area contributed by atoms with Gasteiger partial charge in [-0.2, -0.15) is 0 Å². The highest BCUT2D eigenvalue weighted by Crippen LogP contribution is 2.17. The molecule has 0 bridgehead atoms. The Morgan fingerprint density at radius 2 is 1.92 bits per heavy atom. The highest BCUT2D eigenvalue weighted by Gasteiger charge is 1.98. The number of fused-ring (bicyclic) bond motifs is 1. The summed E-state index contributed by atoms with van der Waals surface area (Å²) in [6.45, 7) is 0. The Bertz CT molecular complexity index is 514. The van der Waals surface area contributed by atoms with Crippen molar-refractivity contribution in [2.45, 2.75) is 0 Å². The number of benzene rings is 1. The van der Waals surface area contributed by atoms with Gasteiger partial charge in [-0.25, -0.2) is 0 Å². The number of phenolic OH excluding ortho intramolecular Hbond substituents is 1. The first-order valence-corrected chi connectivity index (χ1v) is 3.97. The second-order valence-electron chi connectivity index (χ2n) is 2.97. The third kappa shape index (κ3) is 1.18. The van der Waals surface area contributed by atoms with Gasteiger partial charge in [0.25, 0.3) is 5.56 Å². The van der Waals surface area contributed by atoms with Crippen molar-refractivity contribution in [3.63, 3.8) is 0 Å². The Balaban J connectivity index is 2.97. The molecule has 0 amide bonds. The highest BCUT2D eigenvalue weighted by atomic mass is 16.3. The summed E-state index contributed by atoms with van der Waals surface area (Å²) in [4.78, 5) is 11.2. The van der Waals surface area contributed by atoms with E-state index in [4.69, 9.17) is 0 Å². The topological polar surface area (TPSA) is 42.2 Å². The third-order valence-electron chi connectivity index (χ3n) is 2.11. The lowest BCUT2D eigenvalue weighted by Crippen LogP contribution is -2.14. The minimum Gasteiger partial charge on any atom is -0.508 e. The largest absolute Gasteiger partial charge is 0.508 e. The van der Waals surface area contributed by atoms with Crippen LogP contribution in [0.4, 0.5) is 0 Å². The van der Waals surface area contributed by atoms with Gasteiger partial charge in [-0.05, 0) is 23.6 Å². The van der Waals surface area contributed by atoms with E-state index < -0.39 is 0 Å². The van der Waals surface area contributed by atoms with E-state index in [1.165, 1.54) is 10.6 Å². The number of aryl methyl sites for hydroxylation is 1. The van der Waals surface area contributed by atoms with E-state index in [1.807, 2.05) is 0 Å². The Kier molecular flexibility index (Phi) is 1.59. The first-order chi connectivity index (χ1) is 6.18. The molecule has 66 valence electrons. The van der Waals surface area contributed by atoms with Gasteiger partial charge in [0.1, 0.15) is 5.75 Å². The number of aromatic nitrogens is 1. The monoisotopic (exact) mass is 175 g/mol. The number of aromatic hydroxyl groups is 1. The van der Waals surface area contributed by atoms with E-state index in [1.54, 1.807) is 31.3 Å². The van der Waals surface area contributed by atoms with Crippen molar-refractivity contribution >= 4 is 10.9 Å². The van der Waals surface area contributed by atoms with E-state index in [0.717, 1.165) is 10.9 Å². The van der Waals surface area contributed by atoms with Crippen molar-refractivity contribution in [1.29, 1.82) is 0 Å². The number of rotatable bonds is 0. The molecule has 1 N–H and O–H groups in total. The molecule has 1 heterocycles. The van der Waals surface area contributed by atoms with Gasteiger partial charge in [0.15, 0.2) is 0 Å². The van der Waals surface area contributed by atoms with E-state index in [0.29, 0.717) is 0 Å². The van der Waals surface area contributed by atoms with E-state index >= 15 is 0 Å². The first kappa shape index (κ1) is 7.86. The number of nitrogens with zero attached hydrogens (tertiary/aromatic N) is 1. The summed E-state index contributed by atoms with van der Waals surface area (Å²) in [5.41, 5.74) is 0.672. The summed E-state index contributed by atoms with van der Waals surface area (Å²) in [5, 5.41) is 10.2. The van der Waals surface area contributed by atoms with Gasteiger partial charge in [-0.15, -0.1) is 0 Å². The van der Waals surface area contributed by atoms with Gasteiger partial charge >= 0.3 is 0 Å². The lowest BCUT2D eigenvalue weighted by Gasteiger charge is -2.03. The van der Waals surface area contributed by atoms with Gasteiger partial charge in [-0.1, -0.05) is 0 Å². The van der Waals surface area contributed by atoms with Crippen LogP contribution in [-0.4, -0.2) is 9.67 Å².